The zero-order valence-corrected chi connectivity index (χ0v) is 10.9. The van der Waals surface area contributed by atoms with E-state index in [1.807, 2.05) is 0 Å². The standard InChI is InChI=1S/C9H22O2SSi/c1-4-7-10-13(6-3,9-12)11-8-5-2/h12H,4-9H2,1-3H3. The Morgan fingerprint density at radius 1 is 1.00 bits per heavy atom. The fourth-order valence-electron chi connectivity index (χ4n) is 1.03. The molecule has 0 saturated carbocycles. The summed E-state index contributed by atoms with van der Waals surface area (Å²) >= 11 is 4.34. The molecule has 0 heterocycles. The molecule has 0 radical (unpaired) electrons. The minimum absolute atomic E-state index is 0.767. The Bertz CT molecular complexity index is 108. The van der Waals surface area contributed by atoms with Gasteiger partial charge in [-0.25, -0.2) is 0 Å². The van der Waals surface area contributed by atoms with Crippen LogP contribution in [0.15, 0.2) is 0 Å². The molecule has 0 aromatic heterocycles. The lowest BCUT2D eigenvalue weighted by molar-refractivity contribution is 0.173. The van der Waals surface area contributed by atoms with Gasteiger partial charge in [0.25, 0.3) is 0 Å². The van der Waals surface area contributed by atoms with Crippen molar-refractivity contribution in [2.75, 3.05) is 18.6 Å². The van der Waals surface area contributed by atoms with Crippen LogP contribution in [-0.4, -0.2) is 27.2 Å². The zero-order chi connectivity index (χ0) is 10.2. The third-order valence-corrected chi connectivity index (χ3v) is 6.38. The summed E-state index contributed by atoms with van der Waals surface area (Å²) in [7, 11) is -1.92. The lowest BCUT2D eigenvalue weighted by atomic mass is 10.5. The number of rotatable bonds is 8. The molecular weight excluding hydrogens is 200 g/mol. The van der Waals surface area contributed by atoms with Crippen LogP contribution < -0.4 is 0 Å². The van der Waals surface area contributed by atoms with Gasteiger partial charge in [0.05, 0.1) is 0 Å². The van der Waals surface area contributed by atoms with Crippen molar-refractivity contribution < 1.29 is 8.85 Å². The van der Waals surface area contributed by atoms with Crippen LogP contribution in [0.1, 0.15) is 33.6 Å². The smallest absolute Gasteiger partial charge is 0.347 e. The predicted octanol–water partition coefficient (Wildman–Crippen LogP) is 2.77. The Balaban J connectivity index is 3.97. The number of hydrogen-bond acceptors (Lipinski definition) is 3. The van der Waals surface area contributed by atoms with Crippen molar-refractivity contribution in [2.24, 2.45) is 0 Å². The second kappa shape index (κ2) is 7.85. The molecule has 0 aromatic carbocycles. The molecule has 2 nitrogen and oxygen atoms in total. The quantitative estimate of drug-likeness (QED) is 0.503. The first kappa shape index (κ1) is 13.5. The van der Waals surface area contributed by atoms with E-state index in [0.29, 0.717) is 0 Å². The maximum atomic E-state index is 5.82. The van der Waals surface area contributed by atoms with Gasteiger partial charge in [0.1, 0.15) is 0 Å². The third kappa shape index (κ3) is 5.05. The second-order valence-electron chi connectivity index (χ2n) is 3.12. The van der Waals surface area contributed by atoms with Crippen molar-refractivity contribution in [1.29, 1.82) is 0 Å². The highest BCUT2D eigenvalue weighted by Crippen LogP contribution is 2.15. The maximum Gasteiger partial charge on any atom is 0.347 e. The van der Waals surface area contributed by atoms with Crippen LogP contribution in [0.2, 0.25) is 6.04 Å². The molecule has 0 unspecified atom stereocenters. The molecule has 0 aliphatic carbocycles. The molecule has 0 atom stereocenters. The van der Waals surface area contributed by atoms with Gasteiger partial charge in [-0.15, -0.1) is 0 Å². The van der Waals surface area contributed by atoms with Crippen LogP contribution in [0.5, 0.6) is 0 Å². The average Bonchev–Trinajstić information content (AvgIpc) is 2.20. The van der Waals surface area contributed by atoms with Crippen LogP contribution in [-0.2, 0) is 8.85 Å². The summed E-state index contributed by atoms with van der Waals surface area (Å²) in [5.41, 5.74) is 0. The maximum absolute atomic E-state index is 5.82. The lowest BCUT2D eigenvalue weighted by Gasteiger charge is -2.27. The molecule has 80 valence electrons. The van der Waals surface area contributed by atoms with Gasteiger partial charge in [0.15, 0.2) is 0 Å². The van der Waals surface area contributed by atoms with Gasteiger partial charge >= 0.3 is 8.56 Å². The molecular formula is C9H22O2SSi. The Labute approximate surface area is 88.7 Å². The van der Waals surface area contributed by atoms with Crippen LogP contribution in [0.25, 0.3) is 0 Å². The Morgan fingerprint density at radius 3 is 1.69 bits per heavy atom. The summed E-state index contributed by atoms with van der Waals surface area (Å²) in [6.07, 6.45) is 2.11. The normalized spacial score (nSPS) is 12.0. The van der Waals surface area contributed by atoms with Gasteiger partial charge in [-0.3, -0.25) is 0 Å². The van der Waals surface area contributed by atoms with Crippen molar-refractivity contribution in [3.8, 4) is 0 Å². The van der Waals surface area contributed by atoms with Gasteiger partial charge in [-0.1, -0.05) is 20.8 Å². The van der Waals surface area contributed by atoms with Crippen LogP contribution in [0.3, 0.4) is 0 Å². The molecule has 0 saturated heterocycles. The summed E-state index contributed by atoms with van der Waals surface area (Å²) in [5, 5.41) is 0.767. The average molecular weight is 222 g/mol. The monoisotopic (exact) mass is 222 g/mol. The topological polar surface area (TPSA) is 18.5 Å². The molecule has 0 N–H and O–H groups in total. The summed E-state index contributed by atoms with van der Waals surface area (Å²) in [6.45, 7) is 7.99. The fourth-order valence-corrected chi connectivity index (χ4v) is 4.29. The molecule has 0 spiro atoms. The molecule has 0 aliphatic heterocycles. The van der Waals surface area contributed by atoms with Gasteiger partial charge in [0.2, 0.25) is 0 Å². The largest absolute Gasteiger partial charge is 0.394 e. The van der Waals surface area contributed by atoms with Crippen LogP contribution in [0, 0.1) is 0 Å². The van der Waals surface area contributed by atoms with E-state index in [4.69, 9.17) is 8.85 Å². The van der Waals surface area contributed by atoms with Crippen molar-refractivity contribution in [2.45, 2.75) is 39.7 Å². The molecule has 0 amide bonds. The Kier molecular flexibility index (Phi) is 8.14. The molecule has 13 heavy (non-hydrogen) atoms. The third-order valence-electron chi connectivity index (χ3n) is 1.92. The highest BCUT2D eigenvalue weighted by Gasteiger charge is 2.33. The summed E-state index contributed by atoms with van der Waals surface area (Å²) in [5.74, 6) is 0. The first-order chi connectivity index (χ1) is 6.24. The van der Waals surface area contributed by atoms with Crippen molar-refractivity contribution >= 4 is 21.2 Å². The van der Waals surface area contributed by atoms with E-state index in [-0.39, 0.29) is 0 Å². The van der Waals surface area contributed by atoms with Gasteiger partial charge < -0.3 is 8.85 Å². The van der Waals surface area contributed by atoms with E-state index in [0.717, 1.165) is 37.5 Å². The molecule has 0 fully saturated rings. The van der Waals surface area contributed by atoms with Crippen molar-refractivity contribution in [3.63, 3.8) is 0 Å². The SMILES string of the molecule is CCCO[Si](CC)(CS)OCCC. The minimum atomic E-state index is -1.92. The van der Waals surface area contributed by atoms with E-state index < -0.39 is 8.56 Å². The molecule has 0 aromatic rings. The summed E-state index contributed by atoms with van der Waals surface area (Å²) in [6, 6.07) is 0.997. The van der Waals surface area contributed by atoms with Crippen LogP contribution in [0.4, 0.5) is 0 Å². The first-order valence-corrected chi connectivity index (χ1v) is 7.99. The highest BCUT2D eigenvalue weighted by atomic mass is 32.1. The number of thiol groups is 1. The van der Waals surface area contributed by atoms with Crippen molar-refractivity contribution in [1.82, 2.24) is 0 Å². The number of hydrogen-bond donors (Lipinski definition) is 1. The zero-order valence-electron chi connectivity index (χ0n) is 9.01. The van der Waals surface area contributed by atoms with E-state index >= 15 is 0 Å². The first-order valence-electron chi connectivity index (χ1n) is 5.13. The van der Waals surface area contributed by atoms with E-state index in [2.05, 4.69) is 33.4 Å². The highest BCUT2D eigenvalue weighted by molar-refractivity contribution is 7.82. The van der Waals surface area contributed by atoms with Gasteiger partial charge in [-0.2, -0.15) is 12.6 Å². The Morgan fingerprint density at radius 2 is 1.46 bits per heavy atom. The Hall–Kier alpha value is 0.487. The summed E-state index contributed by atoms with van der Waals surface area (Å²) in [4.78, 5) is 0. The molecule has 0 aliphatic rings. The van der Waals surface area contributed by atoms with E-state index in [1.54, 1.807) is 0 Å². The van der Waals surface area contributed by atoms with E-state index in [9.17, 15) is 0 Å². The van der Waals surface area contributed by atoms with Crippen molar-refractivity contribution in [3.05, 3.63) is 0 Å². The minimum Gasteiger partial charge on any atom is -0.394 e. The lowest BCUT2D eigenvalue weighted by Crippen LogP contribution is -2.44. The second-order valence-corrected chi connectivity index (χ2v) is 7.49. The molecule has 0 rings (SSSR count). The van der Waals surface area contributed by atoms with Crippen LogP contribution >= 0.6 is 12.6 Å². The fraction of sp³-hybridized carbons (Fsp3) is 1.00. The summed E-state index contributed by atoms with van der Waals surface area (Å²) < 4.78 is 11.6. The molecule has 4 heteroatoms. The molecule has 0 bridgehead atoms. The van der Waals surface area contributed by atoms with E-state index in [1.165, 1.54) is 0 Å². The predicted molar refractivity (Wildman–Crippen MR) is 62.6 cm³/mol. The van der Waals surface area contributed by atoms with Gasteiger partial charge in [0, 0.05) is 18.6 Å². The van der Waals surface area contributed by atoms with Gasteiger partial charge in [-0.05, 0) is 18.9 Å².